The van der Waals surface area contributed by atoms with Gasteiger partial charge in [0.1, 0.15) is 0 Å². The minimum Gasteiger partial charge on any atom is -0.286 e. The Morgan fingerprint density at radius 2 is 1.66 bits per heavy atom. The Hall–Kier alpha value is -2.21. The second-order valence-electron chi connectivity index (χ2n) is 5.50. The molecule has 0 aliphatic heterocycles. The van der Waals surface area contributed by atoms with Gasteiger partial charge >= 0.3 is 6.18 Å². The van der Waals surface area contributed by atoms with E-state index >= 15 is 0 Å². The van der Waals surface area contributed by atoms with Gasteiger partial charge in [-0.1, -0.05) is 46.7 Å². The highest BCUT2D eigenvalue weighted by molar-refractivity contribution is 7.93. The molecule has 0 aliphatic carbocycles. The maximum absolute atomic E-state index is 12.6. The van der Waals surface area contributed by atoms with Gasteiger partial charge in [0.05, 0.1) is 20.5 Å². The van der Waals surface area contributed by atoms with Crippen LogP contribution in [0.3, 0.4) is 0 Å². The van der Waals surface area contributed by atoms with Gasteiger partial charge in [0.2, 0.25) is 10.9 Å². The number of anilines is 1. The fourth-order valence-electron chi connectivity index (χ4n) is 2.11. The number of aromatic nitrogens is 2. The van der Waals surface area contributed by atoms with Gasteiger partial charge in [-0.15, -0.1) is 10.2 Å². The van der Waals surface area contributed by atoms with Crippen molar-refractivity contribution in [2.45, 2.75) is 11.1 Å². The predicted molar refractivity (Wildman–Crippen MR) is 102 cm³/mol. The lowest BCUT2D eigenvalue weighted by molar-refractivity contribution is -0.137. The summed E-state index contributed by atoms with van der Waals surface area (Å²) in [5.41, 5.74) is -0.950. The summed E-state index contributed by atoms with van der Waals surface area (Å²) in [5, 5.41) is 6.99. The molecule has 1 heterocycles. The third kappa shape index (κ3) is 4.86. The molecule has 13 heteroatoms. The van der Waals surface area contributed by atoms with Crippen LogP contribution in [0.4, 0.5) is 18.3 Å². The second-order valence-corrected chi connectivity index (χ2v) is 8.97. The number of alkyl halides is 3. The topological polar surface area (TPSA) is 89.0 Å². The van der Waals surface area contributed by atoms with E-state index in [1.54, 1.807) is 0 Å². The van der Waals surface area contributed by atoms with Crippen LogP contribution in [0.25, 0.3) is 0 Å². The lowest BCUT2D eigenvalue weighted by Gasteiger charge is -2.06. The molecule has 3 aromatic rings. The fourth-order valence-corrected chi connectivity index (χ4v) is 4.43. The number of nitrogens with one attached hydrogen (secondary N) is 1. The molecule has 0 saturated carbocycles. The van der Waals surface area contributed by atoms with Crippen molar-refractivity contribution < 1.29 is 26.4 Å². The van der Waals surface area contributed by atoms with Gasteiger partial charge in [-0.05, 0) is 30.3 Å². The van der Waals surface area contributed by atoms with Gasteiger partial charge in [-0.2, -0.15) is 13.2 Å². The highest BCUT2D eigenvalue weighted by Gasteiger charge is 2.30. The van der Waals surface area contributed by atoms with Crippen LogP contribution in [0.1, 0.15) is 20.9 Å². The van der Waals surface area contributed by atoms with Crippen molar-refractivity contribution in [3.05, 3.63) is 68.6 Å². The van der Waals surface area contributed by atoms with E-state index in [1.165, 1.54) is 12.1 Å². The Bertz CT molecular complexity index is 1180. The maximum atomic E-state index is 12.6. The first kappa shape index (κ1) is 21.5. The molecule has 0 saturated heterocycles. The van der Waals surface area contributed by atoms with Crippen molar-refractivity contribution in [3.63, 3.8) is 0 Å². The Morgan fingerprint density at radius 1 is 1.00 bits per heavy atom. The van der Waals surface area contributed by atoms with Crippen LogP contribution in [-0.2, 0) is 16.2 Å². The van der Waals surface area contributed by atoms with E-state index in [9.17, 15) is 26.4 Å². The Balaban J connectivity index is 1.79. The standard InChI is InChI=1S/C16H8Cl2F3N3O3S2/c17-11-6-5-10(7-12(11)18)29(26,27)24-15-23-22-14(28-15)13(25)8-1-3-9(4-2-8)16(19,20)21/h1-7H,(H,23,24). The summed E-state index contributed by atoms with van der Waals surface area (Å²) in [6, 6.07) is 7.22. The molecule has 3 rings (SSSR count). The molecule has 0 bridgehead atoms. The van der Waals surface area contributed by atoms with Crippen LogP contribution in [-0.4, -0.2) is 24.4 Å². The molecule has 0 fully saturated rings. The molecule has 0 amide bonds. The molecule has 29 heavy (non-hydrogen) atoms. The average molecular weight is 482 g/mol. The molecule has 0 atom stereocenters. The summed E-state index contributed by atoms with van der Waals surface area (Å²) in [4.78, 5) is 12.2. The number of carbonyl (C=O) groups excluding carboxylic acids is 1. The summed E-state index contributed by atoms with van der Waals surface area (Å²) in [5.74, 6) is -0.698. The van der Waals surface area contributed by atoms with E-state index in [2.05, 4.69) is 14.9 Å². The van der Waals surface area contributed by atoms with Crippen LogP contribution < -0.4 is 4.72 Å². The smallest absolute Gasteiger partial charge is 0.286 e. The first-order valence-corrected chi connectivity index (χ1v) is 10.6. The minimum absolute atomic E-state index is 0.0324. The highest BCUT2D eigenvalue weighted by Crippen LogP contribution is 2.30. The van der Waals surface area contributed by atoms with Crippen LogP contribution >= 0.6 is 34.5 Å². The second kappa shape index (κ2) is 7.90. The highest BCUT2D eigenvalue weighted by atomic mass is 35.5. The van der Waals surface area contributed by atoms with Gasteiger partial charge < -0.3 is 0 Å². The van der Waals surface area contributed by atoms with Crippen molar-refractivity contribution >= 4 is 55.5 Å². The zero-order valence-electron chi connectivity index (χ0n) is 13.9. The van der Waals surface area contributed by atoms with Gasteiger partial charge in [-0.3, -0.25) is 9.52 Å². The van der Waals surface area contributed by atoms with Gasteiger partial charge in [0, 0.05) is 5.56 Å². The number of hydrogen-bond donors (Lipinski definition) is 1. The third-order valence-electron chi connectivity index (χ3n) is 3.52. The van der Waals surface area contributed by atoms with E-state index in [0.717, 1.165) is 30.3 Å². The molecule has 1 N–H and O–H groups in total. The third-order valence-corrected chi connectivity index (χ3v) is 6.56. The number of sulfonamides is 1. The quantitative estimate of drug-likeness (QED) is 0.523. The summed E-state index contributed by atoms with van der Waals surface area (Å²) in [6.07, 6.45) is -4.53. The molecule has 6 nitrogen and oxygen atoms in total. The fraction of sp³-hybridized carbons (Fsp3) is 0.0625. The molecular weight excluding hydrogens is 474 g/mol. The lowest BCUT2D eigenvalue weighted by atomic mass is 10.1. The monoisotopic (exact) mass is 481 g/mol. The number of carbonyl (C=O) groups is 1. The van der Waals surface area contributed by atoms with Crippen molar-refractivity contribution in [3.8, 4) is 0 Å². The zero-order chi connectivity index (χ0) is 21.4. The molecule has 1 aromatic heterocycles. The van der Waals surface area contributed by atoms with E-state index in [1.807, 2.05) is 0 Å². The van der Waals surface area contributed by atoms with Crippen molar-refractivity contribution in [1.82, 2.24) is 10.2 Å². The Labute approximate surface area is 176 Å². The zero-order valence-corrected chi connectivity index (χ0v) is 17.0. The molecule has 0 radical (unpaired) electrons. The largest absolute Gasteiger partial charge is 0.416 e. The molecule has 0 spiro atoms. The van der Waals surface area contributed by atoms with Crippen molar-refractivity contribution in [2.75, 3.05) is 4.72 Å². The lowest BCUT2D eigenvalue weighted by Crippen LogP contribution is -2.12. The number of hydrogen-bond acceptors (Lipinski definition) is 6. The van der Waals surface area contributed by atoms with Crippen LogP contribution in [0.5, 0.6) is 0 Å². The number of halogens is 5. The minimum atomic E-state index is -4.53. The summed E-state index contributed by atoms with van der Waals surface area (Å²) >= 11 is 12.2. The first-order chi connectivity index (χ1) is 13.5. The number of rotatable bonds is 5. The normalized spacial score (nSPS) is 12.0. The Kier molecular flexibility index (Phi) is 5.86. The maximum Gasteiger partial charge on any atom is 0.416 e. The summed E-state index contributed by atoms with van der Waals surface area (Å²) < 4.78 is 64.7. The average Bonchev–Trinajstić information content (AvgIpc) is 3.10. The van der Waals surface area contributed by atoms with Crippen LogP contribution in [0.2, 0.25) is 10.0 Å². The first-order valence-electron chi connectivity index (χ1n) is 7.51. The summed E-state index contributed by atoms with van der Waals surface area (Å²) in [6.45, 7) is 0. The van der Waals surface area contributed by atoms with Crippen LogP contribution in [0.15, 0.2) is 47.4 Å². The number of nitrogens with zero attached hydrogens (tertiary/aromatic N) is 2. The predicted octanol–water partition coefficient (Wildman–Crippen LogP) is 4.90. The SMILES string of the molecule is O=C(c1ccc(C(F)(F)F)cc1)c1nnc(NS(=O)(=O)c2ccc(Cl)c(Cl)c2)s1. The molecule has 0 aliphatic rings. The molecule has 152 valence electrons. The van der Waals surface area contributed by atoms with Crippen molar-refractivity contribution in [1.29, 1.82) is 0 Å². The molecule has 0 unspecified atom stereocenters. The molecule has 2 aromatic carbocycles. The van der Waals surface area contributed by atoms with E-state index in [4.69, 9.17) is 23.2 Å². The van der Waals surface area contributed by atoms with Gasteiger partial charge in [0.25, 0.3) is 10.0 Å². The van der Waals surface area contributed by atoms with Gasteiger partial charge in [-0.25, -0.2) is 8.42 Å². The van der Waals surface area contributed by atoms with Gasteiger partial charge in [0.15, 0.2) is 5.01 Å². The van der Waals surface area contributed by atoms with E-state index in [-0.39, 0.29) is 30.6 Å². The van der Waals surface area contributed by atoms with Crippen molar-refractivity contribution in [2.24, 2.45) is 0 Å². The molecular formula is C16H8Cl2F3N3O3S2. The van der Waals surface area contributed by atoms with Crippen LogP contribution in [0, 0.1) is 0 Å². The number of benzene rings is 2. The van der Waals surface area contributed by atoms with E-state index < -0.39 is 27.5 Å². The summed E-state index contributed by atoms with van der Waals surface area (Å²) in [7, 11) is -4.07. The number of ketones is 1. The van der Waals surface area contributed by atoms with E-state index in [0.29, 0.717) is 11.3 Å². The Morgan fingerprint density at radius 3 is 2.24 bits per heavy atom.